The van der Waals surface area contributed by atoms with Crippen molar-refractivity contribution in [1.29, 1.82) is 0 Å². The summed E-state index contributed by atoms with van der Waals surface area (Å²) in [4.78, 5) is 19.9. The first-order valence-electron chi connectivity index (χ1n) is 4.02. The molecule has 0 aliphatic carbocycles. The van der Waals surface area contributed by atoms with Crippen LogP contribution in [0.4, 0.5) is 10.7 Å². The first-order chi connectivity index (χ1) is 7.54. The molecule has 16 heavy (non-hydrogen) atoms. The van der Waals surface area contributed by atoms with E-state index in [0.29, 0.717) is 0 Å². The summed E-state index contributed by atoms with van der Waals surface area (Å²) in [5, 5.41) is 22.6. The number of rotatable bonds is 4. The molecular weight excluding hydrogens is 220 g/mol. The summed E-state index contributed by atoms with van der Waals surface area (Å²) < 4.78 is 4.75. The third kappa shape index (κ3) is 2.78. The summed E-state index contributed by atoms with van der Waals surface area (Å²) in [6, 6.07) is 1.42. The maximum Gasteiger partial charge on any atom is 0.433 e. The van der Waals surface area contributed by atoms with E-state index in [0.717, 1.165) is 6.07 Å². The van der Waals surface area contributed by atoms with Crippen LogP contribution in [0.3, 0.4) is 0 Å². The number of furan rings is 1. The monoisotopic (exact) mass is 228 g/mol. The van der Waals surface area contributed by atoms with E-state index in [1.807, 2.05) is 5.43 Å². The normalized spacial score (nSPS) is 11.2. The van der Waals surface area contributed by atoms with Gasteiger partial charge in [-0.05, 0) is 6.07 Å². The van der Waals surface area contributed by atoms with Gasteiger partial charge in [0, 0.05) is 0 Å². The number of carbonyl (C=O) groups excluding carboxylic acids is 1. The molecule has 1 rings (SSSR count). The fraction of sp³-hybridized carbons (Fsp3) is 0.143. The topological polar surface area (TPSA) is 144 Å². The molecule has 0 atom stereocenters. The van der Waals surface area contributed by atoms with Crippen LogP contribution >= 0.6 is 0 Å². The second-order valence-electron chi connectivity index (χ2n) is 2.59. The van der Waals surface area contributed by atoms with E-state index >= 15 is 0 Å². The zero-order valence-electron chi connectivity index (χ0n) is 7.91. The van der Waals surface area contributed by atoms with Crippen LogP contribution in [0.25, 0.3) is 0 Å². The molecular formula is C7H8N4O5. The van der Waals surface area contributed by atoms with Crippen molar-refractivity contribution in [3.63, 3.8) is 0 Å². The summed E-state index contributed by atoms with van der Waals surface area (Å²) in [7, 11) is 0. The van der Waals surface area contributed by atoms with Gasteiger partial charge in [-0.2, -0.15) is 5.10 Å². The zero-order chi connectivity index (χ0) is 12.1. The number of hydrazone groups is 1. The molecule has 0 unspecified atom stereocenters. The van der Waals surface area contributed by atoms with Crippen LogP contribution in [-0.4, -0.2) is 28.4 Å². The Kier molecular flexibility index (Phi) is 3.56. The molecule has 0 spiro atoms. The molecule has 1 heterocycles. The van der Waals surface area contributed by atoms with E-state index in [2.05, 4.69) is 5.10 Å². The molecule has 86 valence electrons. The average Bonchev–Trinajstić information content (AvgIpc) is 2.67. The molecule has 1 aromatic rings. The first-order valence-corrected chi connectivity index (χ1v) is 4.02. The van der Waals surface area contributed by atoms with Crippen LogP contribution in [0.5, 0.6) is 0 Å². The fourth-order valence-corrected chi connectivity index (χ4v) is 0.872. The summed E-state index contributed by atoms with van der Waals surface area (Å²) in [5.41, 5.74) is 6.54. The molecule has 2 amide bonds. The second kappa shape index (κ2) is 4.89. The Morgan fingerprint density at radius 2 is 2.38 bits per heavy atom. The highest BCUT2D eigenvalue weighted by Gasteiger charge is 2.15. The Bertz CT molecular complexity index is 438. The molecule has 0 aromatic carbocycles. The number of nitrogens with one attached hydrogen (secondary N) is 1. The van der Waals surface area contributed by atoms with Gasteiger partial charge in [0.15, 0.2) is 5.76 Å². The molecule has 9 heteroatoms. The van der Waals surface area contributed by atoms with Crippen molar-refractivity contribution in [2.45, 2.75) is 0 Å². The number of aliphatic hydroxyl groups excluding tert-OH is 1. The van der Waals surface area contributed by atoms with Gasteiger partial charge in [-0.25, -0.2) is 10.2 Å². The Balaban J connectivity index is 2.90. The summed E-state index contributed by atoms with van der Waals surface area (Å²) in [6.45, 7) is -0.565. The maximum absolute atomic E-state index is 10.3. The molecule has 0 saturated heterocycles. The lowest BCUT2D eigenvalue weighted by Crippen LogP contribution is -2.26. The van der Waals surface area contributed by atoms with Gasteiger partial charge < -0.3 is 15.3 Å². The van der Waals surface area contributed by atoms with Gasteiger partial charge in [-0.15, -0.1) is 0 Å². The number of nitrogens with zero attached hydrogens (tertiary/aromatic N) is 2. The number of hydrogen-bond acceptors (Lipinski definition) is 6. The predicted octanol–water partition coefficient (Wildman–Crippen LogP) is -0.448. The molecule has 0 bridgehead atoms. The number of primary amides is 1. The SMILES string of the molecule is NC(=O)NN=C(CO)c1ccc([N+](=O)[O-])o1. The van der Waals surface area contributed by atoms with Crippen molar-refractivity contribution in [3.8, 4) is 0 Å². The summed E-state index contributed by atoms with van der Waals surface area (Å²) >= 11 is 0. The molecule has 0 saturated carbocycles. The molecule has 1 aromatic heterocycles. The highest BCUT2D eigenvalue weighted by atomic mass is 16.6. The van der Waals surface area contributed by atoms with Crippen molar-refractivity contribution in [2.75, 3.05) is 6.61 Å². The van der Waals surface area contributed by atoms with Gasteiger partial charge >= 0.3 is 11.9 Å². The third-order valence-corrected chi connectivity index (χ3v) is 1.51. The molecule has 0 radical (unpaired) electrons. The number of urea groups is 1. The van der Waals surface area contributed by atoms with Crippen molar-refractivity contribution < 1.29 is 19.2 Å². The van der Waals surface area contributed by atoms with Crippen LogP contribution in [0, 0.1) is 10.1 Å². The Hall–Kier alpha value is -2.42. The number of nitro groups is 1. The minimum absolute atomic E-state index is 0.0250. The van der Waals surface area contributed by atoms with Crippen LogP contribution in [-0.2, 0) is 0 Å². The van der Waals surface area contributed by atoms with Crippen LogP contribution in [0.15, 0.2) is 21.7 Å². The molecule has 4 N–H and O–H groups in total. The van der Waals surface area contributed by atoms with E-state index in [-0.39, 0.29) is 11.5 Å². The van der Waals surface area contributed by atoms with Crippen molar-refractivity contribution in [3.05, 3.63) is 28.0 Å². The molecule has 9 nitrogen and oxygen atoms in total. The second-order valence-corrected chi connectivity index (χ2v) is 2.59. The van der Waals surface area contributed by atoms with Crippen LogP contribution in [0.1, 0.15) is 5.76 Å². The minimum Gasteiger partial charge on any atom is -0.399 e. The van der Waals surface area contributed by atoms with Crippen LogP contribution < -0.4 is 11.2 Å². The highest BCUT2D eigenvalue weighted by Crippen LogP contribution is 2.16. The largest absolute Gasteiger partial charge is 0.433 e. The van der Waals surface area contributed by atoms with E-state index in [1.165, 1.54) is 6.07 Å². The number of aliphatic hydroxyl groups is 1. The maximum atomic E-state index is 10.3. The van der Waals surface area contributed by atoms with Crippen molar-refractivity contribution in [1.82, 2.24) is 5.43 Å². The average molecular weight is 228 g/mol. The van der Waals surface area contributed by atoms with Gasteiger partial charge in [0.25, 0.3) is 0 Å². The number of hydrogen-bond donors (Lipinski definition) is 3. The Labute approximate surface area is 88.7 Å². The smallest absolute Gasteiger partial charge is 0.399 e. The Morgan fingerprint density at radius 3 is 2.81 bits per heavy atom. The Morgan fingerprint density at radius 1 is 1.69 bits per heavy atom. The van der Waals surface area contributed by atoms with Crippen molar-refractivity contribution >= 4 is 17.6 Å². The molecule has 0 fully saturated rings. The van der Waals surface area contributed by atoms with E-state index in [1.54, 1.807) is 0 Å². The molecule has 0 aliphatic rings. The highest BCUT2D eigenvalue weighted by molar-refractivity contribution is 5.99. The standard InChI is InChI=1S/C7H8N4O5/c8-7(13)10-9-4(3-12)5-1-2-6(16-5)11(14)15/h1-2,12H,3H2,(H3,8,10,13). The zero-order valence-corrected chi connectivity index (χ0v) is 7.91. The van der Waals surface area contributed by atoms with E-state index in [9.17, 15) is 14.9 Å². The lowest BCUT2D eigenvalue weighted by Gasteiger charge is -1.98. The lowest BCUT2D eigenvalue weighted by atomic mass is 10.3. The summed E-state index contributed by atoms with van der Waals surface area (Å²) in [5.74, 6) is -0.516. The number of nitrogens with two attached hydrogens (primary N) is 1. The third-order valence-electron chi connectivity index (χ3n) is 1.51. The quantitative estimate of drug-likeness (QED) is 0.363. The summed E-state index contributed by atoms with van der Waals surface area (Å²) in [6.07, 6.45) is 0. The van der Waals surface area contributed by atoms with Gasteiger partial charge in [-0.3, -0.25) is 10.1 Å². The first kappa shape index (κ1) is 11.7. The van der Waals surface area contributed by atoms with Gasteiger partial charge in [0.1, 0.15) is 10.6 Å². The lowest BCUT2D eigenvalue weighted by molar-refractivity contribution is -0.402. The number of carbonyl (C=O) groups is 1. The fourth-order valence-electron chi connectivity index (χ4n) is 0.872. The molecule has 0 aliphatic heterocycles. The van der Waals surface area contributed by atoms with E-state index in [4.69, 9.17) is 15.3 Å². The van der Waals surface area contributed by atoms with Crippen molar-refractivity contribution in [2.24, 2.45) is 10.8 Å². The van der Waals surface area contributed by atoms with Gasteiger partial charge in [-0.1, -0.05) is 0 Å². The number of amides is 2. The predicted molar refractivity (Wildman–Crippen MR) is 51.7 cm³/mol. The van der Waals surface area contributed by atoms with Gasteiger partial charge in [0.05, 0.1) is 12.7 Å². The van der Waals surface area contributed by atoms with E-state index < -0.39 is 23.4 Å². The minimum atomic E-state index is -0.924. The van der Waals surface area contributed by atoms with Crippen LogP contribution in [0.2, 0.25) is 0 Å². The van der Waals surface area contributed by atoms with Gasteiger partial charge in [0.2, 0.25) is 0 Å².